The molecule has 3 rings (SSSR count). The summed E-state index contributed by atoms with van der Waals surface area (Å²) in [6.07, 6.45) is 8.20. The van der Waals surface area contributed by atoms with Crippen LogP contribution in [0.4, 0.5) is 0 Å². The van der Waals surface area contributed by atoms with E-state index in [1.165, 1.54) is 12.8 Å². The summed E-state index contributed by atoms with van der Waals surface area (Å²) in [5, 5.41) is 1.48. The van der Waals surface area contributed by atoms with Crippen molar-refractivity contribution >= 4 is 10.8 Å². The van der Waals surface area contributed by atoms with Crippen molar-refractivity contribution < 1.29 is 4.74 Å². The first-order valence-corrected chi connectivity index (χ1v) is 5.97. The maximum Gasteiger partial charge on any atom is 0.257 e. The van der Waals surface area contributed by atoms with E-state index in [9.17, 15) is 4.79 Å². The van der Waals surface area contributed by atoms with E-state index in [0.717, 1.165) is 18.2 Å². The van der Waals surface area contributed by atoms with Crippen LogP contribution in [0.5, 0.6) is 5.88 Å². The van der Waals surface area contributed by atoms with E-state index in [-0.39, 0.29) is 5.56 Å². The predicted molar refractivity (Wildman–Crippen MR) is 65.2 cm³/mol. The van der Waals surface area contributed by atoms with Gasteiger partial charge in [0.15, 0.2) is 0 Å². The van der Waals surface area contributed by atoms with Crippen molar-refractivity contribution in [3.05, 3.63) is 34.9 Å². The first-order valence-electron chi connectivity index (χ1n) is 5.97. The summed E-state index contributed by atoms with van der Waals surface area (Å²) in [6, 6.07) is 3.70. The van der Waals surface area contributed by atoms with Gasteiger partial charge in [-0.3, -0.25) is 4.79 Å². The predicted octanol–water partition coefficient (Wildman–Crippen LogP) is 2.24. The Bertz CT molecular complexity index is 585. The van der Waals surface area contributed by atoms with Crippen molar-refractivity contribution in [2.24, 2.45) is 0 Å². The molecule has 1 fully saturated rings. The third-order valence-corrected chi connectivity index (χ3v) is 3.22. The second-order valence-corrected chi connectivity index (χ2v) is 4.44. The van der Waals surface area contributed by atoms with E-state index >= 15 is 0 Å². The van der Waals surface area contributed by atoms with Gasteiger partial charge in [0.05, 0.1) is 5.39 Å². The molecule has 4 heteroatoms. The van der Waals surface area contributed by atoms with Crippen molar-refractivity contribution in [2.45, 2.75) is 31.8 Å². The van der Waals surface area contributed by atoms with Gasteiger partial charge in [-0.15, -0.1) is 0 Å². The minimum Gasteiger partial charge on any atom is -0.474 e. The van der Waals surface area contributed by atoms with Crippen molar-refractivity contribution in [1.29, 1.82) is 0 Å². The first-order chi connectivity index (χ1) is 8.33. The summed E-state index contributed by atoms with van der Waals surface area (Å²) in [4.78, 5) is 18.3. The van der Waals surface area contributed by atoms with Gasteiger partial charge >= 0.3 is 0 Å². The zero-order chi connectivity index (χ0) is 11.7. The highest BCUT2D eigenvalue weighted by Crippen LogP contribution is 2.24. The Kier molecular flexibility index (Phi) is 2.55. The minimum atomic E-state index is -0.109. The highest BCUT2D eigenvalue weighted by Gasteiger charge is 2.17. The molecule has 0 amide bonds. The van der Waals surface area contributed by atoms with E-state index in [1.54, 1.807) is 12.4 Å². The molecule has 1 aliphatic carbocycles. The molecule has 0 atom stereocenters. The number of hydrogen-bond donors (Lipinski definition) is 1. The zero-order valence-electron chi connectivity index (χ0n) is 9.48. The van der Waals surface area contributed by atoms with Crippen LogP contribution in [0.3, 0.4) is 0 Å². The number of nitrogens with zero attached hydrogens (tertiary/aromatic N) is 1. The summed E-state index contributed by atoms with van der Waals surface area (Å²) in [5.41, 5.74) is -0.109. The molecular weight excluding hydrogens is 216 g/mol. The van der Waals surface area contributed by atoms with Crippen LogP contribution >= 0.6 is 0 Å². The second-order valence-electron chi connectivity index (χ2n) is 4.44. The maximum atomic E-state index is 11.5. The van der Waals surface area contributed by atoms with E-state index in [0.29, 0.717) is 17.4 Å². The van der Waals surface area contributed by atoms with E-state index in [1.807, 2.05) is 12.1 Å². The van der Waals surface area contributed by atoms with Crippen molar-refractivity contribution in [3.63, 3.8) is 0 Å². The molecule has 0 radical (unpaired) electrons. The number of nitrogens with one attached hydrogen (secondary N) is 1. The van der Waals surface area contributed by atoms with Crippen LogP contribution in [-0.2, 0) is 0 Å². The lowest BCUT2D eigenvalue weighted by molar-refractivity contribution is 0.202. The average molecular weight is 230 g/mol. The van der Waals surface area contributed by atoms with Gasteiger partial charge in [-0.05, 0) is 37.1 Å². The fourth-order valence-electron chi connectivity index (χ4n) is 2.30. The molecule has 0 spiro atoms. The zero-order valence-corrected chi connectivity index (χ0v) is 9.48. The largest absolute Gasteiger partial charge is 0.474 e. The van der Waals surface area contributed by atoms with E-state index in [2.05, 4.69) is 9.97 Å². The van der Waals surface area contributed by atoms with Gasteiger partial charge in [0.1, 0.15) is 6.10 Å². The molecule has 0 saturated heterocycles. The summed E-state index contributed by atoms with van der Waals surface area (Å²) in [5.74, 6) is 0.620. The number of pyridine rings is 2. The SMILES string of the molecule is O=c1[nH]ccc2cc(OC3CCCC3)ncc12. The van der Waals surface area contributed by atoms with Crippen LogP contribution in [0, 0.1) is 0 Å². The van der Waals surface area contributed by atoms with Crippen LogP contribution in [0.25, 0.3) is 10.8 Å². The Morgan fingerprint density at radius 3 is 3.00 bits per heavy atom. The number of aromatic amines is 1. The number of H-pyrrole nitrogens is 1. The molecule has 4 nitrogen and oxygen atoms in total. The van der Waals surface area contributed by atoms with Gasteiger partial charge in [-0.2, -0.15) is 0 Å². The number of rotatable bonds is 2. The van der Waals surface area contributed by atoms with Gasteiger partial charge in [-0.25, -0.2) is 4.98 Å². The highest BCUT2D eigenvalue weighted by atomic mass is 16.5. The number of ether oxygens (including phenoxy) is 1. The lowest BCUT2D eigenvalue weighted by Crippen LogP contribution is -2.12. The van der Waals surface area contributed by atoms with Crippen LogP contribution < -0.4 is 10.3 Å². The lowest BCUT2D eigenvalue weighted by atomic mass is 10.2. The number of fused-ring (bicyclic) bond motifs is 1. The molecule has 17 heavy (non-hydrogen) atoms. The van der Waals surface area contributed by atoms with Gasteiger partial charge in [0.25, 0.3) is 5.56 Å². The first kappa shape index (κ1) is 10.3. The average Bonchev–Trinajstić information content (AvgIpc) is 2.82. The Balaban J connectivity index is 1.93. The van der Waals surface area contributed by atoms with Crippen LogP contribution in [0.15, 0.2) is 29.3 Å². The summed E-state index contributed by atoms with van der Waals surface area (Å²) >= 11 is 0. The molecule has 1 N–H and O–H groups in total. The van der Waals surface area contributed by atoms with Crippen molar-refractivity contribution in [2.75, 3.05) is 0 Å². The molecule has 2 heterocycles. The lowest BCUT2D eigenvalue weighted by Gasteiger charge is -2.11. The number of aromatic nitrogens is 2. The molecule has 1 aliphatic rings. The Hall–Kier alpha value is -1.84. The molecule has 2 aromatic rings. The minimum absolute atomic E-state index is 0.109. The van der Waals surface area contributed by atoms with Crippen LogP contribution in [0.1, 0.15) is 25.7 Å². The molecule has 2 aromatic heterocycles. The third-order valence-electron chi connectivity index (χ3n) is 3.22. The van der Waals surface area contributed by atoms with Gasteiger partial charge in [-0.1, -0.05) is 0 Å². The monoisotopic (exact) mass is 230 g/mol. The Morgan fingerprint density at radius 2 is 2.18 bits per heavy atom. The fourth-order valence-corrected chi connectivity index (χ4v) is 2.30. The molecule has 0 bridgehead atoms. The molecule has 88 valence electrons. The maximum absolute atomic E-state index is 11.5. The van der Waals surface area contributed by atoms with E-state index in [4.69, 9.17) is 4.74 Å². The van der Waals surface area contributed by atoms with Crippen molar-refractivity contribution in [1.82, 2.24) is 9.97 Å². The molecule has 0 aliphatic heterocycles. The molecular formula is C13H14N2O2. The Labute approximate surface area is 98.6 Å². The second kappa shape index (κ2) is 4.20. The van der Waals surface area contributed by atoms with Gasteiger partial charge < -0.3 is 9.72 Å². The molecule has 0 unspecified atom stereocenters. The summed E-state index contributed by atoms with van der Waals surface area (Å²) in [7, 11) is 0. The quantitative estimate of drug-likeness (QED) is 0.860. The van der Waals surface area contributed by atoms with Crippen LogP contribution in [0.2, 0.25) is 0 Å². The van der Waals surface area contributed by atoms with E-state index < -0.39 is 0 Å². The normalized spacial score (nSPS) is 16.5. The number of hydrogen-bond acceptors (Lipinski definition) is 3. The summed E-state index contributed by atoms with van der Waals surface area (Å²) in [6.45, 7) is 0. The van der Waals surface area contributed by atoms with Gasteiger partial charge in [0.2, 0.25) is 5.88 Å². The standard InChI is InChI=1S/C13H14N2O2/c16-13-11-8-15-12(7-9(11)5-6-14-13)17-10-3-1-2-4-10/h5-8,10H,1-4H2,(H,14,16). The Morgan fingerprint density at radius 1 is 1.35 bits per heavy atom. The van der Waals surface area contributed by atoms with Gasteiger partial charge in [0, 0.05) is 18.5 Å². The molecule has 1 saturated carbocycles. The third kappa shape index (κ3) is 2.02. The fraction of sp³-hybridized carbons (Fsp3) is 0.385. The topological polar surface area (TPSA) is 55.0 Å². The van der Waals surface area contributed by atoms with Crippen molar-refractivity contribution in [3.8, 4) is 5.88 Å². The smallest absolute Gasteiger partial charge is 0.257 e. The highest BCUT2D eigenvalue weighted by molar-refractivity contribution is 5.81. The molecule has 0 aromatic carbocycles. The van der Waals surface area contributed by atoms with Crippen LogP contribution in [-0.4, -0.2) is 16.1 Å². The summed E-state index contributed by atoms with van der Waals surface area (Å²) < 4.78 is 5.80.